The molecule has 0 saturated heterocycles. The molecule has 0 unspecified atom stereocenters. The van der Waals surface area contributed by atoms with Crippen LogP contribution >= 0.6 is 15.9 Å². The van der Waals surface area contributed by atoms with E-state index in [1.54, 1.807) is 0 Å². The van der Waals surface area contributed by atoms with Crippen LogP contribution < -0.4 is 16.0 Å². The molecule has 0 aromatic heterocycles. The van der Waals surface area contributed by atoms with E-state index in [1.165, 1.54) is 18.2 Å². The van der Waals surface area contributed by atoms with Gasteiger partial charge in [-0.1, -0.05) is 0 Å². The van der Waals surface area contributed by atoms with Crippen LogP contribution in [0.3, 0.4) is 0 Å². The van der Waals surface area contributed by atoms with Crippen molar-refractivity contribution in [1.82, 2.24) is 5.43 Å². The molecule has 0 spiro atoms. The van der Waals surface area contributed by atoms with E-state index in [9.17, 15) is 9.18 Å². The molecular weight excluding hydrogens is 255 g/mol. The van der Waals surface area contributed by atoms with Crippen molar-refractivity contribution < 1.29 is 13.9 Å². The fraction of sp³-hybridized carbons (Fsp3) is 0.125. The summed E-state index contributed by atoms with van der Waals surface area (Å²) in [5.41, 5.74) is 1.91. The SMILES string of the molecule is NNC(=O)COc1ccc(F)cc1Br. The van der Waals surface area contributed by atoms with Crippen LogP contribution in [0.15, 0.2) is 22.7 Å². The maximum Gasteiger partial charge on any atom is 0.271 e. The summed E-state index contributed by atoms with van der Waals surface area (Å²) in [5.74, 6) is 4.39. The van der Waals surface area contributed by atoms with Gasteiger partial charge in [0.2, 0.25) is 0 Å². The highest BCUT2D eigenvalue weighted by Gasteiger charge is 2.04. The lowest BCUT2D eigenvalue weighted by Gasteiger charge is -2.06. The van der Waals surface area contributed by atoms with Crippen LogP contribution in [0.5, 0.6) is 5.75 Å². The van der Waals surface area contributed by atoms with Crippen LogP contribution in [0.1, 0.15) is 0 Å². The molecule has 0 fully saturated rings. The van der Waals surface area contributed by atoms with Crippen LogP contribution in [0.25, 0.3) is 0 Å². The normalized spacial score (nSPS) is 9.64. The predicted molar refractivity (Wildman–Crippen MR) is 51.9 cm³/mol. The van der Waals surface area contributed by atoms with Crippen molar-refractivity contribution >= 4 is 21.8 Å². The average Bonchev–Trinajstić information content (AvgIpc) is 2.16. The van der Waals surface area contributed by atoms with Gasteiger partial charge in [0.15, 0.2) is 6.61 Å². The number of benzene rings is 1. The number of amides is 1. The Morgan fingerprint density at radius 2 is 2.36 bits per heavy atom. The van der Waals surface area contributed by atoms with Gasteiger partial charge in [-0.05, 0) is 34.1 Å². The fourth-order valence-electron chi connectivity index (χ4n) is 0.777. The van der Waals surface area contributed by atoms with Gasteiger partial charge < -0.3 is 4.74 Å². The molecule has 14 heavy (non-hydrogen) atoms. The van der Waals surface area contributed by atoms with Crippen molar-refractivity contribution in [3.8, 4) is 5.75 Å². The summed E-state index contributed by atoms with van der Waals surface area (Å²) >= 11 is 3.09. The number of ether oxygens (including phenoxy) is 1. The highest BCUT2D eigenvalue weighted by molar-refractivity contribution is 9.10. The van der Waals surface area contributed by atoms with Crippen molar-refractivity contribution in [2.24, 2.45) is 5.84 Å². The Labute approximate surface area is 88.3 Å². The predicted octanol–water partition coefficient (Wildman–Crippen LogP) is 0.957. The van der Waals surface area contributed by atoms with Crippen LogP contribution in [0.4, 0.5) is 4.39 Å². The third-order valence-corrected chi connectivity index (χ3v) is 2.03. The van der Waals surface area contributed by atoms with Crippen LogP contribution in [0.2, 0.25) is 0 Å². The summed E-state index contributed by atoms with van der Waals surface area (Å²) in [6.07, 6.45) is 0. The van der Waals surface area contributed by atoms with Gasteiger partial charge in [-0.2, -0.15) is 0 Å². The second kappa shape index (κ2) is 4.92. The minimum atomic E-state index is -0.457. The molecule has 6 heteroatoms. The summed E-state index contributed by atoms with van der Waals surface area (Å²) in [4.78, 5) is 10.7. The minimum absolute atomic E-state index is 0.208. The van der Waals surface area contributed by atoms with Gasteiger partial charge in [-0.3, -0.25) is 10.2 Å². The summed E-state index contributed by atoms with van der Waals surface area (Å²) in [7, 11) is 0. The van der Waals surface area contributed by atoms with Crippen LogP contribution in [-0.4, -0.2) is 12.5 Å². The van der Waals surface area contributed by atoms with Gasteiger partial charge in [-0.15, -0.1) is 0 Å². The van der Waals surface area contributed by atoms with Gasteiger partial charge in [0, 0.05) is 0 Å². The van der Waals surface area contributed by atoms with E-state index in [4.69, 9.17) is 10.6 Å². The molecule has 3 N–H and O–H groups in total. The Bertz CT molecular complexity index is 346. The fourth-order valence-corrected chi connectivity index (χ4v) is 1.24. The van der Waals surface area contributed by atoms with Crippen molar-refractivity contribution in [3.05, 3.63) is 28.5 Å². The minimum Gasteiger partial charge on any atom is -0.483 e. The zero-order valence-corrected chi connectivity index (χ0v) is 8.67. The first-order valence-electron chi connectivity index (χ1n) is 3.71. The molecule has 0 saturated carbocycles. The van der Waals surface area contributed by atoms with Gasteiger partial charge in [0.1, 0.15) is 11.6 Å². The third-order valence-electron chi connectivity index (χ3n) is 1.41. The van der Waals surface area contributed by atoms with Crippen molar-refractivity contribution in [2.45, 2.75) is 0 Å². The van der Waals surface area contributed by atoms with Gasteiger partial charge in [0.05, 0.1) is 4.47 Å². The molecule has 0 aliphatic carbocycles. The molecule has 0 aliphatic rings. The first kappa shape index (κ1) is 10.9. The van der Waals surface area contributed by atoms with Crippen LogP contribution in [0, 0.1) is 5.82 Å². The number of halogens is 2. The molecule has 1 aromatic carbocycles. The number of hydrazine groups is 1. The quantitative estimate of drug-likeness (QED) is 0.485. The van der Waals surface area contributed by atoms with Crippen molar-refractivity contribution in [1.29, 1.82) is 0 Å². The lowest BCUT2D eigenvalue weighted by atomic mass is 10.3. The Balaban J connectivity index is 2.63. The second-order valence-corrected chi connectivity index (χ2v) is 3.29. The van der Waals surface area contributed by atoms with E-state index in [2.05, 4.69) is 15.9 Å². The number of hydrogen-bond donors (Lipinski definition) is 2. The molecule has 1 amide bonds. The number of carbonyl (C=O) groups is 1. The Morgan fingerprint density at radius 1 is 1.64 bits per heavy atom. The smallest absolute Gasteiger partial charge is 0.271 e. The second-order valence-electron chi connectivity index (χ2n) is 2.43. The van der Waals surface area contributed by atoms with E-state index in [0.717, 1.165) is 0 Å². The third kappa shape index (κ3) is 2.97. The Hall–Kier alpha value is -1.14. The van der Waals surface area contributed by atoms with Gasteiger partial charge in [-0.25, -0.2) is 10.2 Å². The molecule has 0 bridgehead atoms. The van der Waals surface area contributed by atoms with E-state index in [0.29, 0.717) is 10.2 Å². The molecule has 1 aromatic rings. The topological polar surface area (TPSA) is 64.3 Å². The van der Waals surface area contributed by atoms with E-state index < -0.39 is 5.91 Å². The zero-order chi connectivity index (χ0) is 10.6. The summed E-state index contributed by atoms with van der Waals surface area (Å²) in [6.45, 7) is -0.208. The molecular formula is C8H8BrFN2O2. The summed E-state index contributed by atoms with van der Waals surface area (Å²) in [6, 6.07) is 3.90. The standard InChI is InChI=1S/C8H8BrFN2O2/c9-6-3-5(10)1-2-7(6)14-4-8(13)12-11/h1-3H,4,11H2,(H,12,13). The lowest BCUT2D eigenvalue weighted by molar-refractivity contribution is -0.123. The highest BCUT2D eigenvalue weighted by Crippen LogP contribution is 2.25. The monoisotopic (exact) mass is 262 g/mol. The van der Waals surface area contributed by atoms with E-state index >= 15 is 0 Å². The van der Waals surface area contributed by atoms with E-state index in [1.807, 2.05) is 5.43 Å². The molecule has 0 aliphatic heterocycles. The first-order valence-corrected chi connectivity index (χ1v) is 4.50. The number of nitrogens with one attached hydrogen (secondary N) is 1. The number of nitrogens with two attached hydrogens (primary N) is 1. The molecule has 1 rings (SSSR count). The lowest BCUT2D eigenvalue weighted by Crippen LogP contribution is -2.34. The average molecular weight is 263 g/mol. The van der Waals surface area contributed by atoms with E-state index in [-0.39, 0.29) is 12.4 Å². The molecule has 76 valence electrons. The number of carbonyl (C=O) groups excluding carboxylic acids is 1. The van der Waals surface area contributed by atoms with Crippen molar-refractivity contribution in [2.75, 3.05) is 6.61 Å². The highest BCUT2D eigenvalue weighted by atomic mass is 79.9. The zero-order valence-electron chi connectivity index (χ0n) is 7.09. The molecule has 0 atom stereocenters. The number of hydrogen-bond acceptors (Lipinski definition) is 3. The first-order chi connectivity index (χ1) is 6.63. The Kier molecular flexibility index (Phi) is 3.84. The molecule has 4 nitrogen and oxygen atoms in total. The van der Waals surface area contributed by atoms with Gasteiger partial charge >= 0.3 is 0 Å². The van der Waals surface area contributed by atoms with Crippen LogP contribution in [-0.2, 0) is 4.79 Å². The van der Waals surface area contributed by atoms with Gasteiger partial charge in [0.25, 0.3) is 5.91 Å². The molecule has 0 heterocycles. The number of rotatable bonds is 3. The molecule has 0 radical (unpaired) electrons. The summed E-state index contributed by atoms with van der Waals surface area (Å²) < 4.78 is 18.1. The van der Waals surface area contributed by atoms with Crippen molar-refractivity contribution in [3.63, 3.8) is 0 Å². The Morgan fingerprint density at radius 3 is 2.93 bits per heavy atom. The maximum atomic E-state index is 12.6. The summed E-state index contributed by atoms with van der Waals surface area (Å²) in [5, 5.41) is 0. The maximum absolute atomic E-state index is 12.6. The largest absolute Gasteiger partial charge is 0.483 e.